The average Bonchev–Trinajstić information content (AvgIpc) is 3.48. The summed E-state index contributed by atoms with van der Waals surface area (Å²) in [5.74, 6) is 1.27. The standard InChI is InChI=1S/C26H32N6O2S/c1-17(2)24-21-13-19(18-5-7-27-8-6-18)3-4-22(21)30-25(24)20-14-23(26-28-16-29-32(26)15-20)31-9-11-35(33,34)12-10-31/h3-4,13-18,27,30H,5-12H2,1-2H3. The van der Waals surface area contributed by atoms with Crippen molar-refractivity contribution in [2.45, 2.75) is 38.5 Å². The molecule has 3 aromatic heterocycles. The molecule has 9 heteroatoms. The van der Waals surface area contributed by atoms with E-state index in [4.69, 9.17) is 0 Å². The molecule has 0 spiro atoms. The highest BCUT2D eigenvalue weighted by Gasteiger charge is 2.26. The SMILES string of the molecule is CC(C)c1c(-c2cc(N3CCS(=O)(=O)CC3)c3ncnn3c2)[nH]c2ccc(C3CCNCC3)cc12. The second kappa shape index (κ2) is 8.64. The fraction of sp³-hybridized carbons (Fsp3) is 0.462. The van der Waals surface area contributed by atoms with Crippen LogP contribution in [0.5, 0.6) is 0 Å². The molecule has 5 heterocycles. The summed E-state index contributed by atoms with van der Waals surface area (Å²) in [6, 6.07) is 9.05. The number of aromatic amines is 1. The van der Waals surface area contributed by atoms with Gasteiger partial charge in [-0.25, -0.2) is 17.9 Å². The topological polar surface area (TPSA) is 95.4 Å². The van der Waals surface area contributed by atoms with Crippen LogP contribution < -0.4 is 10.2 Å². The molecule has 0 aliphatic carbocycles. The first kappa shape index (κ1) is 22.5. The molecular weight excluding hydrogens is 460 g/mol. The van der Waals surface area contributed by atoms with Crippen LogP contribution in [0.2, 0.25) is 0 Å². The molecule has 4 aromatic rings. The molecule has 6 rings (SSSR count). The Balaban J connectivity index is 1.47. The van der Waals surface area contributed by atoms with E-state index >= 15 is 0 Å². The minimum atomic E-state index is -2.97. The van der Waals surface area contributed by atoms with Crippen LogP contribution in [0.3, 0.4) is 0 Å². The molecule has 0 atom stereocenters. The number of hydrogen-bond donors (Lipinski definition) is 2. The van der Waals surface area contributed by atoms with Crippen LogP contribution in [0.15, 0.2) is 36.8 Å². The Morgan fingerprint density at radius 3 is 2.60 bits per heavy atom. The Bertz CT molecular complexity index is 1480. The zero-order chi connectivity index (χ0) is 24.2. The molecule has 2 N–H and O–H groups in total. The number of fused-ring (bicyclic) bond motifs is 2. The second-order valence-electron chi connectivity index (χ2n) is 10.2. The number of nitrogens with one attached hydrogen (secondary N) is 2. The smallest absolute Gasteiger partial charge is 0.178 e. The number of sulfone groups is 1. The van der Waals surface area contributed by atoms with Gasteiger partial charge in [-0.3, -0.25) is 0 Å². The number of piperidine rings is 1. The molecule has 8 nitrogen and oxygen atoms in total. The summed E-state index contributed by atoms with van der Waals surface area (Å²) in [5.41, 5.74) is 7.69. The number of benzene rings is 1. The van der Waals surface area contributed by atoms with E-state index < -0.39 is 9.84 Å². The molecule has 0 amide bonds. The lowest BCUT2D eigenvalue weighted by atomic mass is 9.88. The third kappa shape index (κ3) is 4.10. The normalized spacial score (nSPS) is 19.2. The maximum atomic E-state index is 12.0. The molecular formula is C26H32N6O2S. The van der Waals surface area contributed by atoms with Crippen molar-refractivity contribution in [3.8, 4) is 11.3 Å². The van der Waals surface area contributed by atoms with Crippen LogP contribution in [0, 0.1) is 0 Å². The van der Waals surface area contributed by atoms with Crippen molar-refractivity contribution in [1.29, 1.82) is 0 Å². The molecule has 0 saturated carbocycles. The Hall–Kier alpha value is -2.91. The summed E-state index contributed by atoms with van der Waals surface area (Å²) in [5, 5.41) is 9.19. The predicted molar refractivity (Wildman–Crippen MR) is 140 cm³/mol. The van der Waals surface area contributed by atoms with E-state index in [1.807, 2.05) is 10.7 Å². The van der Waals surface area contributed by atoms with Gasteiger partial charge in [-0.2, -0.15) is 5.10 Å². The van der Waals surface area contributed by atoms with Gasteiger partial charge in [0.05, 0.1) is 22.9 Å². The number of aromatic nitrogens is 4. The molecule has 2 aliphatic rings. The van der Waals surface area contributed by atoms with E-state index in [-0.39, 0.29) is 11.5 Å². The predicted octanol–water partition coefficient (Wildman–Crippen LogP) is 3.70. The summed E-state index contributed by atoms with van der Waals surface area (Å²) in [6.07, 6.45) is 5.94. The summed E-state index contributed by atoms with van der Waals surface area (Å²) in [6.45, 7) is 7.59. The lowest BCUT2D eigenvalue weighted by Crippen LogP contribution is -2.40. The number of rotatable bonds is 4. The van der Waals surface area contributed by atoms with E-state index in [1.165, 1.54) is 29.4 Å². The minimum Gasteiger partial charge on any atom is -0.366 e. The lowest BCUT2D eigenvalue weighted by Gasteiger charge is -2.29. The quantitative estimate of drug-likeness (QED) is 0.451. The fourth-order valence-corrected chi connectivity index (χ4v) is 6.90. The van der Waals surface area contributed by atoms with Gasteiger partial charge in [0.1, 0.15) is 6.33 Å². The third-order valence-electron chi connectivity index (χ3n) is 7.58. The summed E-state index contributed by atoms with van der Waals surface area (Å²) in [7, 11) is -2.97. The highest BCUT2D eigenvalue weighted by molar-refractivity contribution is 7.91. The van der Waals surface area contributed by atoms with Crippen molar-refractivity contribution in [3.05, 3.63) is 47.9 Å². The first-order chi connectivity index (χ1) is 16.9. The molecule has 0 bridgehead atoms. The van der Waals surface area contributed by atoms with Gasteiger partial charge in [0, 0.05) is 35.8 Å². The van der Waals surface area contributed by atoms with Crippen molar-refractivity contribution in [3.63, 3.8) is 0 Å². The molecule has 35 heavy (non-hydrogen) atoms. The number of nitrogens with zero attached hydrogens (tertiary/aromatic N) is 4. The largest absolute Gasteiger partial charge is 0.366 e. The maximum absolute atomic E-state index is 12.0. The van der Waals surface area contributed by atoms with Crippen molar-refractivity contribution in [1.82, 2.24) is 24.9 Å². The van der Waals surface area contributed by atoms with Gasteiger partial charge in [-0.15, -0.1) is 0 Å². The van der Waals surface area contributed by atoms with E-state index in [0.717, 1.165) is 41.2 Å². The van der Waals surface area contributed by atoms with Crippen molar-refractivity contribution in [2.24, 2.45) is 0 Å². The van der Waals surface area contributed by atoms with Crippen LogP contribution in [0.4, 0.5) is 5.69 Å². The highest BCUT2D eigenvalue weighted by atomic mass is 32.2. The van der Waals surface area contributed by atoms with Crippen LogP contribution in [-0.2, 0) is 9.84 Å². The van der Waals surface area contributed by atoms with E-state index in [0.29, 0.717) is 24.9 Å². The zero-order valence-electron chi connectivity index (χ0n) is 20.3. The van der Waals surface area contributed by atoms with Gasteiger partial charge in [0.2, 0.25) is 0 Å². The van der Waals surface area contributed by atoms with Crippen LogP contribution in [0.1, 0.15) is 49.7 Å². The van der Waals surface area contributed by atoms with Crippen LogP contribution in [0.25, 0.3) is 27.8 Å². The molecule has 0 unspecified atom stereocenters. The van der Waals surface area contributed by atoms with E-state index in [9.17, 15) is 8.42 Å². The van der Waals surface area contributed by atoms with Gasteiger partial charge in [0.25, 0.3) is 0 Å². The summed E-state index contributed by atoms with van der Waals surface area (Å²) >= 11 is 0. The molecule has 184 valence electrons. The van der Waals surface area contributed by atoms with Gasteiger partial charge >= 0.3 is 0 Å². The van der Waals surface area contributed by atoms with Crippen LogP contribution >= 0.6 is 0 Å². The number of H-pyrrole nitrogens is 1. The second-order valence-corrected chi connectivity index (χ2v) is 12.5. The molecule has 1 aromatic carbocycles. The van der Waals surface area contributed by atoms with E-state index in [2.05, 4.69) is 63.4 Å². The van der Waals surface area contributed by atoms with Gasteiger partial charge in [-0.1, -0.05) is 19.9 Å². The highest BCUT2D eigenvalue weighted by Crippen LogP contribution is 2.39. The number of anilines is 1. The van der Waals surface area contributed by atoms with Gasteiger partial charge in [-0.05, 0) is 67.1 Å². The summed E-state index contributed by atoms with van der Waals surface area (Å²) in [4.78, 5) is 10.3. The average molecular weight is 493 g/mol. The molecule has 2 saturated heterocycles. The fourth-order valence-electron chi connectivity index (χ4n) is 5.70. The van der Waals surface area contributed by atoms with Crippen LogP contribution in [-0.4, -0.2) is 65.7 Å². The first-order valence-electron chi connectivity index (χ1n) is 12.5. The van der Waals surface area contributed by atoms with E-state index in [1.54, 1.807) is 6.33 Å². The van der Waals surface area contributed by atoms with Crippen molar-refractivity contribution in [2.75, 3.05) is 42.6 Å². The number of pyridine rings is 1. The molecule has 2 fully saturated rings. The van der Waals surface area contributed by atoms with Gasteiger partial charge in [0.15, 0.2) is 15.5 Å². The lowest BCUT2D eigenvalue weighted by molar-refractivity contribution is 0.460. The Morgan fingerprint density at radius 2 is 1.86 bits per heavy atom. The molecule has 2 aliphatic heterocycles. The monoisotopic (exact) mass is 492 g/mol. The van der Waals surface area contributed by atoms with Gasteiger partial charge < -0.3 is 15.2 Å². The zero-order valence-corrected chi connectivity index (χ0v) is 21.1. The maximum Gasteiger partial charge on any atom is 0.178 e. The minimum absolute atomic E-state index is 0.167. The number of hydrogen-bond acceptors (Lipinski definition) is 6. The Labute approximate surface area is 205 Å². The Morgan fingerprint density at radius 1 is 1.09 bits per heavy atom. The Kier molecular flexibility index (Phi) is 5.56. The van der Waals surface area contributed by atoms with Crippen molar-refractivity contribution >= 4 is 32.1 Å². The third-order valence-corrected chi connectivity index (χ3v) is 9.19. The first-order valence-corrected chi connectivity index (χ1v) is 14.4. The molecule has 0 radical (unpaired) electrons. The summed E-state index contributed by atoms with van der Waals surface area (Å²) < 4.78 is 25.9. The van der Waals surface area contributed by atoms with Crippen molar-refractivity contribution < 1.29 is 8.42 Å².